The van der Waals surface area contributed by atoms with Gasteiger partial charge >= 0.3 is 0 Å². The minimum Gasteiger partial charge on any atom is -0.497 e. The Kier molecular flexibility index (Phi) is 4.85. The Labute approximate surface area is 141 Å². The van der Waals surface area contributed by atoms with Gasteiger partial charge in [0.25, 0.3) is 5.91 Å². The lowest BCUT2D eigenvalue weighted by molar-refractivity contribution is 0.0651. The Morgan fingerprint density at radius 2 is 2.04 bits per heavy atom. The highest BCUT2D eigenvalue weighted by molar-refractivity contribution is 5.94. The first-order valence-electron chi connectivity index (χ1n) is 8.23. The van der Waals surface area contributed by atoms with Crippen LogP contribution < -0.4 is 4.74 Å². The molecule has 2 aromatic rings. The molecule has 0 fully saturated rings. The number of benzene rings is 1. The van der Waals surface area contributed by atoms with Crippen molar-refractivity contribution < 1.29 is 14.6 Å². The molecule has 1 aromatic carbocycles. The van der Waals surface area contributed by atoms with Crippen LogP contribution in [-0.4, -0.2) is 46.9 Å². The van der Waals surface area contributed by atoms with E-state index in [2.05, 4.69) is 10.2 Å². The number of methoxy groups -OCH3 is 1. The molecule has 0 spiro atoms. The number of aromatic amines is 1. The second kappa shape index (κ2) is 7.05. The molecule has 6 heteroatoms. The van der Waals surface area contributed by atoms with Crippen molar-refractivity contribution in [3.63, 3.8) is 0 Å². The van der Waals surface area contributed by atoms with Crippen LogP contribution in [0.3, 0.4) is 0 Å². The van der Waals surface area contributed by atoms with E-state index in [0.29, 0.717) is 5.69 Å². The van der Waals surface area contributed by atoms with E-state index in [1.54, 1.807) is 19.1 Å². The molecule has 1 aromatic heterocycles. The number of hydrogen-bond donors (Lipinski definition) is 2. The zero-order valence-corrected chi connectivity index (χ0v) is 14.1. The van der Waals surface area contributed by atoms with Gasteiger partial charge in [0.15, 0.2) is 5.69 Å². The number of carbonyl (C=O) groups excluding carboxylic acids is 1. The Morgan fingerprint density at radius 3 is 2.71 bits per heavy atom. The van der Waals surface area contributed by atoms with E-state index in [1.807, 2.05) is 24.3 Å². The molecule has 0 saturated heterocycles. The summed E-state index contributed by atoms with van der Waals surface area (Å²) < 4.78 is 5.15. The van der Waals surface area contributed by atoms with Crippen LogP contribution in [0.4, 0.5) is 0 Å². The van der Waals surface area contributed by atoms with Gasteiger partial charge in [0.1, 0.15) is 5.75 Å². The summed E-state index contributed by atoms with van der Waals surface area (Å²) in [6.45, 7) is -0.152. The molecule has 1 aliphatic carbocycles. The van der Waals surface area contributed by atoms with Gasteiger partial charge < -0.3 is 14.7 Å². The highest BCUT2D eigenvalue weighted by Gasteiger charge is 2.28. The summed E-state index contributed by atoms with van der Waals surface area (Å²) in [5.41, 5.74) is 3.45. The van der Waals surface area contributed by atoms with Gasteiger partial charge in [0.2, 0.25) is 0 Å². The Morgan fingerprint density at radius 1 is 1.33 bits per heavy atom. The summed E-state index contributed by atoms with van der Waals surface area (Å²) >= 11 is 0. The van der Waals surface area contributed by atoms with Gasteiger partial charge in [0.05, 0.1) is 19.8 Å². The number of aryl methyl sites for hydroxylation is 1. The molecule has 1 aliphatic rings. The minimum atomic E-state index is -0.417. The largest absolute Gasteiger partial charge is 0.497 e. The number of aromatic nitrogens is 2. The number of hydrogen-bond acceptors (Lipinski definition) is 4. The van der Waals surface area contributed by atoms with E-state index < -0.39 is 6.04 Å². The van der Waals surface area contributed by atoms with Gasteiger partial charge in [-0.2, -0.15) is 5.10 Å². The predicted molar refractivity (Wildman–Crippen MR) is 90.1 cm³/mol. The monoisotopic (exact) mass is 329 g/mol. The lowest BCUT2D eigenvalue weighted by Gasteiger charge is -2.27. The van der Waals surface area contributed by atoms with Gasteiger partial charge in [-0.1, -0.05) is 12.1 Å². The fourth-order valence-corrected chi connectivity index (χ4v) is 3.24. The Balaban J connectivity index is 1.83. The first kappa shape index (κ1) is 16.5. The summed E-state index contributed by atoms with van der Waals surface area (Å²) in [6, 6.07) is 6.96. The third kappa shape index (κ3) is 3.01. The van der Waals surface area contributed by atoms with Gasteiger partial charge in [-0.3, -0.25) is 9.89 Å². The minimum absolute atomic E-state index is 0.152. The standard InChI is InChI=1S/C18H23N3O3/c1-21(16(11-22)12-7-9-13(24-2)10-8-12)18(23)17-14-5-3-4-6-15(14)19-20-17/h7-10,16,22H,3-6,11H2,1-2H3,(H,19,20). The number of aliphatic hydroxyl groups is 1. The molecule has 2 N–H and O–H groups in total. The molecule has 1 atom stereocenters. The van der Waals surface area contributed by atoms with Crippen molar-refractivity contribution in [3.05, 3.63) is 46.8 Å². The van der Waals surface area contributed by atoms with Crippen LogP contribution in [0.2, 0.25) is 0 Å². The summed E-state index contributed by atoms with van der Waals surface area (Å²) in [5, 5.41) is 17.0. The Bertz CT molecular complexity index is 709. The molecule has 0 saturated carbocycles. The van der Waals surface area contributed by atoms with Crippen LogP contribution in [0.15, 0.2) is 24.3 Å². The number of amides is 1. The lowest BCUT2D eigenvalue weighted by atomic mass is 9.95. The number of rotatable bonds is 5. The van der Waals surface area contributed by atoms with E-state index >= 15 is 0 Å². The van der Waals surface area contributed by atoms with Crippen LogP contribution >= 0.6 is 0 Å². The van der Waals surface area contributed by atoms with Gasteiger partial charge in [-0.05, 0) is 43.4 Å². The second-order valence-corrected chi connectivity index (χ2v) is 6.12. The number of H-pyrrole nitrogens is 1. The summed E-state index contributed by atoms with van der Waals surface area (Å²) in [5.74, 6) is 0.579. The second-order valence-electron chi connectivity index (χ2n) is 6.12. The molecule has 1 amide bonds. The van der Waals surface area contributed by atoms with Crippen molar-refractivity contribution in [2.45, 2.75) is 31.7 Å². The zero-order chi connectivity index (χ0) is 17.1. The van der Waals surface area contributed by atoms with Crippen molar-refractivity contribution in [2.24, 2.45) is 0 Å². The van der Waals surface area contributed by atoms with Crippen LogP contribution in [0.1, 0.15) is 46.2 Å². The van der Waals surface area contributed by atoms with Crippen molar-refractivity contribution in [1.29, 1.82) is 0 Å². The number of fused-ring (bicyclic) bond motifs is 1. The predicted octanol–water partition coefficient (Wildman–Crippen LogP) is 2.10. The number of nitrogens with one attached hydrogen (secondary N) is 1. The third-order valence-electron chi connectivity index (χ3n) is 4.72. The van der Waals surface area contributed by atoms with E-state index in [-0.39, 0.29) is 12.5 Å². The zero-order valence-electron chi connectivity index (χ0n) is 14.1. The highest BCUT2D eigenvalue weighted by atomic mass is 16.5. The molecule has 1 unspecified atom stereocenters. The van der Waals surface area contributed by atoms with Crippen molar-refractivity contribution in [3.8, 4) is 5.75 Å². The maximum atomic E-state index is 12.9. The van der Waals surface area contributed by atoms with Crippen LogP contribution in [0.25, 0.3) is 0 Å². The average molecular weight is 329 g/mol. The van der Waals surface area contributed by atoms with E-state index in [1.165, 1.54) is 0 Å². The van der Waals surface area contributed by atoms with Gasteiger partial charge in [0, 0.05) is 18.3 Å². The SMILES string of the molecule is COc1ccc(C(CO)N(C)C(=O)c2n[nH]c3c2CCCC3)cc1. The smallest absolute Gasteiger partial charge is 0.274 e. The van der Waals surface area contributed by atoms with E-state index in [4.69, 9.17) is 4.74 Å². The van der Waals surface area contributed by atoms with Crippen molar-refractivity contribution >= 4 is 5.91 Å². The normalized spacial score (nSPS) is 14.8. The molecule has 0 radical (unpaired) electrons. The maximum Gasteiger partial charge on any atom is 0.274 e. The fraction of sp³-hybridized carbons (Fsp3) is 0.444. The van der Waals surface area contributed by atoms with Crippen LogP contribution in [0, 0.1) is 0 Å². The molecular weight excluding hydrogens is 306 g/mol. The maximum absolute atomic E-state index is 12.9. The third-order valence-corrected chi connectivity index (χ3v) is 4.72. The lowest BCUT2D eigenvalue weighted by Crippen LogP contribution is -2.34. The molecule has 3 rings (SSSR count). The first-order valence-corrected chi connectivity index (χ1v) is 8.23. The highest BCUT2D eigenvalue weighted by Crippen LogP contribution is 2.26. The molecule has 0 aliphatic heterocycles. The number of carbonyl (C=O) groups is 1. The quantitative estimate of drug-likeness (QED) is 0.880. The fourth-order valence-electron chi connectivity index (χ4n) is 3.24. The van der Waals surface area contributed by atoms with Crippen molar-refractivity contribution in [1.82, 2.24) is 15.1 Å². The Hall–Kier alpha value is -2.34. The molecule has 6 nitrogen and oxygen atoms in total. The number of nitrogens with zero attached hydrogens (tertiary/aromatic N) is 2. The van der Waals surface area contributed by atoms with Crippen LogP contribution in [-0.2, 0) is 12.8 Å². The molecular formula is C18H23N3O3. The van der Waals surface area contributed by atoms with E-state index in [9.17, 15) is 9.90 Å². The van der Waals surface area contributed by atoms with E-state index in [0.717, 1.165) is 48.3 Å². The summed E-state index contributed by atoms with van der Waals surface area (Å²) in [6.07, 6.45) is 4.04. The summed E-state index contributed by atoms with van der Waals surface area (Å²) in [7, 11) is 3.31. The van der Waals surface area contributed by atoms with Gasteiger partial charge in [-0.25, -0.2) is 0 Å². The summed E-state index contributed by atoms with van der Waals surface area (Å²) in [4.78, 5) is 14.4. The number of likely N-dealkylation sites (N-methyl/N-ethyl adjacent to an activating group) is 1. The molecule has 0 bridgehead atoms. The topological polar surface area (TPSA) is 78.5 Å². The van der Waals surface area contributed by atoms with Crippen molar-refractivity contribution in [2.75, 3.05) is 20.8 Å². The molecule has 24 heavy (non-hydrogen) atoms. The first-order chi connectivity index (χ1) is 11.7. The molecule has 128 valence electrons. The number of ether oxygens (including phenoxy) is 1. The number of aliphatic hydroxyl groups excluding tert-OH is 1. The molecule has 1 heterocycles. The van der Waals surface area contributed by atoms with Gasteiger partial charge in [-0.15, -0.1) is 0 Å². The average Bonchev–Trinajstić information content (AvgIpc) is 3.06. The van der Waals surface area contributed by atoms with Crippen LogP contribution in [0.5, 0.6) is 5.75 Å².